The van der Waals surface area contributed by atoms with Crippen LogP contribution >= 0.6 is 24.0 Å². The van der Waals surface area contributed by atoms with Gasteiger partial charge in [0, 0.05) is 20.6 Å². The van der Waals surface area contributed by atoms with Crippen LogP contribution in [0.1, 0.15) is 18.9 Å². The van der Waals surface area contributed by atoms with Crippen molar-refractivity contribution >= 4 is 29.9 Å². The lowest BCUT2D eigenvalue weighted by Crippen LogP contribution is -2.34. The molecule has 0 amide bonds. The summed E-state index contributed by atoms with van der Waals surface area (Å²) >= 11 is 0. The van der Waals surface area contributed by atoms with Crippen molar-refractivity contribution in [1.29, 1.82) is 0 Å². The monoisotopic (exact) mass is 363 g/mol. The van der Waals surface area contributed by atoms with E-state index in [0.717, 1.165) is 31.3 Å². The lowest BCUT2D eigenvalue weighted by molar-refractivity contribution is 0.317. The maximum absolute atomic E-state index is 5.58. The number of halogens is 1. The second kappa shape index (κ2) is 9.99. The van der Waals surface area contributed by atoms with Gasteiger partial charge in [-0.1, -0.05) is 19.1 Å². The van der Waals surface area contributed by atoms with Crippen LogP contribution in [0.5, 0.6) is 5.75 Å². The van der Waals surface area contributed by atoms with Gasteiger partial charge in [-0.25, -0.2) is 0 Å². The highest BCUT2D eigenvalue weighted by atomic mass is 127. The molecule has 4 nitrogen and oxygen atoms in total. The van der Waals surface area contributed by atoms with Crippen molar-refractivity contribution < 1.29 is 4.74 Å². The third-order valence-electron chi connectivity index (χ3n) is 2.29. The number of ether oxygens (including phenoxy) is 1. The predicted octanol–water partition coefficient (Wildman–Crippen LogP) is 2.39. The first-order chi connectivity index (χ1) is 8.30. The van der Waals surface area contributed by atoms with Crippen LogP contribution in [0.25, 0.3) is 0 Å². The molecule has 0 heterocycles. The van der Waals surface area contributed by atoms with E-state index in [2.05, 4.69) is 28.6 Å². The van der Waals surface area contributed by atoms with E-state index in [-0.39, 0.29) is 24.0 Å². The maximum atomic E-state index is 5.58. The predicted molar refractivity (Wildman–Crippen MR) is 86.9 cm³/mol. The van der Waals surface area contributed by atoms with Gasteiger partial charge in [0.2, 0.25) is 0 Å². The molecule has 0 fully saturated rings. The highest BCUT2D eigenvalue weighted by molar-refractivity contribution is 14.0. The van der Waals surface area contributed by atoms with Crippen LogP contribution in [0.2, 0.25) is 0 Å². The first kappa shape index (κ1) is 17.0. The van der Waals surface area contributed by atoms with Crippen LogP contribution in [0.15, 0.2) is 29.3 Å². The molecule has 0 aliphatic rings. The minimum absolute atomic E-state index is 0. The van der Waals surface area contributed by atoms with E-state index >= 15 is 0 Å². The van der Waals surface area contributed by atoms with Crippen LogP contribution in [0.4, 0.5) is 0 Å². The molecule has 0 saturated heterocycles. The molecule has 0 saturated carbocycles. The Bertz CT molecular complexity index is 369. The van der Waals surface area contributed by atoms with Crippen LogP contribution in [0, 0.1) is 0 Å². The SMILES string of the molecule is CCCOc1cccc(CNC(=NC)NC)c1.I. The van der Waals surface area contributed by atoms with E-state index < -0.39 is 0 Å². The van der Waals surface area contributed by atoms with Gasteiger partial charge < -0.3 is 15.4 Å². The van der Waals surface area contributed by atoms with Gasteiger partial charge in [-0.05, 0) is 24.1 Å². The molecule has 5 heteroatoms. The maximum Gasteiger partial charge on any atom is 0.190 e. The number of aliphatic imine (C=N–C) groups is 1. The van der Waals surface area contributed by atoms with Gasteiger partial charge >= 0.3 is 0 Å². The minimum Gasteiger partial charge on any atom is -0.494 e. The largest absolute Gasteiger partial charge is 0.494 e. The number of guanidine groups is 1. The Balaban J connectivity index is 0.00000289. The lowest BCUT2D eigenvalue weighted by Gasteiger charge is -2.10. The number of nitrogens with one attached hydrogen (secondary N) is 2. The van der Waals surface area contributed by atoms with Gasteiger partial charge in [0.15, 0.2) is 5.96 Å². The summed E-state index contributed by atoms with van der Waals surface area (Å²) in [5.41, 5.74) is 1.18. The second-order valence-corrected chi connectivity index (χ2v) is 3.67. The first-order valence-corrected chi connectivity index (χ1v) is 5.90. The van der Waals surface area contributed by atoms with E-state index in [1.54, 1.807) is 7.05 Å². The molecule has 0 aliphatic carbocycles. The summed E-state index contributed by atoms with van der Waals surface area (Å²) < 4.78 is 5.58. The normalized spacial score (nSPS) is 10.5. The van der Waals surface area contributed by atoms with Crippen molar-refractivity contribution in [2.24, 2.45) is 4.99 Å². The molecule has 2 N–H and O–H groups in total. The molecule has 0 radical (unpaired) electrons. The zero-order chi connectivity index (χ0) is 12.5. The Morgan fingerprint density at radius 3 is 2.78 bits per heavy atom. The summed E-state index contributed by atoms with van der Waals surface area (Å²) in [4.78, 5) is 4.06. The molecule has 0 aromatic heterocycles. The zero-order valence-corrected chi connectivity index (χ0v) is 13.5. The fourth-order valence-corrected chi connectivity index (χ4v) is 1.43. The Hall–Kier alpha value is -0.980. The Morgan fingerprint density at radius 2 is 2.17 bits per heavy atom. The van der Waals surface area contributed by atoms with Crippen molar-refractivity contribution in [3.05, 3.63) is 29.8 Å². The topological polar surface area (TPSA) is 45.6 Å². The lowest BCUT2D eigenvalue weighted by atomic mass is 10.2. The molecule has 1 aromatic rings. The molecule has 0 bridgehead atoms. The van der Waals surface area contributed by atoms with Gasteiger partial charge in [0.25, 0.3) is 0 Å². The van der Waals surface area contributed by atoms with Crippen molar-refractivity contribution in [3.8, 4) is 5.75 Å². The zero-order valence-electron chi connectivity index (χ0n) is 11.2. The van der Waals surface area contributed by atoms with E-state index in [1.807, 2.05) is 25.2 Å². The smallest absolute Gasteiger partial charge is 0.190 e. The molecule has 18 heavy (non-hydrogen) atoms. The first-order valence-electron chi connectivity index (χ1n) is 5.90. The second-order valence-electron chi connectivity index (χ2n) is 3.67. The molecule has 102 valence electrons. The van der Waals surface area contributed by atoms with E-state index in [4.69, 9.17) is 4.74 Å². The highest BCUT2D eigenvalue weighted by Crippen LogP contribution is 2.13. The molecule has 0 spiro atoms. The van der Waals surface area contributed by atoms with Crippen LogP contribution in [0.3, 0.4) is 0 Å². The molecule has 0 atom stereocenters. The highest BCUT2D eigenvalue weighted by Gasteiger charge is 1.98. The summed E-state index contributed by atoms with van der Waals surface area (Å²) in [5, 5.41) is 6.18. The van der Waals surface area contributed by atoms with Crippen molar-refractivity contribution in [1.82, 2.24) is 10.6 Å². The van der Waals surface area contributed by atoms with E-state index in [0.29, 0.717) is 0 Å². The summed E-state index contributed by atoms with van der Waals surface area (Å²) in [6.45, 7) is 3.59. The summed E-state index contributed by atoms with van der Waals surface area (Å²) in [5.74, 6) is 1.70. The summed E-state index contributed by atoms with van der Waals surface area (Å²) in [6, 6.07) is 8.09. The summed E-state index contributed by atoms with van der Waals surface area (Å²) in [6.07, 6.45) is 1.02. The summed E-state index contributed by atoms with van der Waals surface area (Å²) in [7, 11) is 3.59. The van der Waals surface area contributed by atoms with Crippen LogP contribution in [-0.2, 0) is 6.54 Å². The standard InChI is InChI=1S/C13H21N3O.HI/c1-4-8-17-12-7-5-6-11(9-12)10-16-13(14-2)15-3;/h5-7,9H,4,8,10H2,1-3H3,(H2,14,15,16);1H. The van der Waals surface area contributed by atoms with Gasteiger partial charge in [0.1, 0.15) is 5.75 Å². The average Bonchev–Trinajstić information content (AvgIpc) is 2.38. The van der Waals surface area contributed by atoms with Crippen LogP contribution < -0.4 is 15.4 Å². The molecule has 0 aliphatic heterocycles. The fourth-order valence-electron chi connectivity index (χ4n) is 1.43. The number of nitrogens with zero attached hydrogens (tertiary/aromatic N) is 1. The molecular weight excluding hydrogens is 341 g/mol. The molecule has 0 unspecified atom stereocenters. The Kier molecular flexibility index (Phi) is 9.45. The van der Waals surface area contributed by atoms with Crippen LogP contribution in [-0.4, -0.2) is 26.7 Å². The number of rotatable bonds is 5. The quantitative estimate of drug-likeness (QED) is 0.480. The van der Waals surface area contributed by atoms with Crippen molar-refractivity contribution in [2.75, 3.05) is 20.7 Å². The third-order valence-corrected chi connectivity index (χ3v) is 2.29. The van der Waals surface area contributed by atoms with E-state index in [9.17, 15) is 0 Å². The molecule has 1 aromatic carbocycles. The van der Waals surface area contributed by atoms with Gasteiger partial charge in [0.05, 0.1) is 6.61 Å². The van der Waals surface area contributed by atoms with Crippen molar-refractivity contribution in [3.63, 3.8) is 0 Å². The van der Waals surface area contributed by atoms with E-state index in [1.165, 1.54) is 5.56 Å². The number of hydrogen-bond donors (Lipinski definition) is 2. The average molecular weight is 363 g/mol. The van der Waals surface area contributed by atoms with Gasteiger partial charge in [-0.15, -0.1) is 24.0 Å². The number of benzene rings is 1. The molecular formula is C13H22IN3O. The minimum atomic E-state index is 0. The van der Waals surface area contributed by atoms with Gasteiger partial charge in [-0.3, -0.25) is 4.99 Å². The van der Waals surface area contributed by atoms with Gasteiger partial charge in [-0.2, -0.15) is 0 Å². The fraction of sp³-hybridized carbons (Fsp3) is 0.462. The Morgan fingerprint density at radius 1 is 1.39 bits per heavy atom. The third kappa shape index (κ3) is 6.09. The molecule has 1 rings (SSSR count). The number of hydrogen-bond acceptors (Lipinski definition) is 2. The van der Waals surface area contributed by atoms with Crippen molar-refractivity contribution in [2.45, 2.75) is 19.9 Å². The Labute approximate surface area is 126 Å².